The quantitative estimate of drug-likeness (QED) is 0.520. The second-order valence-electron chi connectivity index (χ2n) is 11.7. The fourth-order valence-corrected chi connectivity index (χ4v) is 6.98. The van der Waals surface area contributed by atoms with Gasteiger partial charge in [0, 0.05) is 6.54 Å². The third-order valence-electron chi connectivity index (χ3n) is 8.55. The predicted octanol–water partition coefficient (Wildman–Crippen LogP) is 6.46. The van der Waals surface area contributed by atoms with Crippen molar-refractivity contribution in [3.63, 3.8) is 0 Å². The number of piperidine rings is 3. The van der Waals surface area contributed by atoms with Crippen LogP contribution in [0, 0.1) is 25.2 Å². The molecule has 0 saturated carbocycles. The minimum absolute atomic E-state index is 0.0888. The van der Waals surface area contributed by atoms with Gasteiger partial charge in [-0.1, -0.05) is 39.0 Å². The van der Waals surface area contributed by atoms with Crippen molar-refractivity contribution in [3.05, 3.63) is 52.6 Å². The number of hydrogen-bond acceptors (Lipinski definition) is 3. The Hall–Kier alpha value is -2.53. The molecule has 6 rings (SSSR count). The molecule has 1 N–H and O–H groups in total. The van der Waals surface area contributed by atoms with E-state index in [1.165, 1.54) is 22.3 Å². The molecule has 0 spiro atoms. The van der Waals surface area contributed by atoms with Gasteiger partial charge in [0.15, 0.2) is 0 Å². The Bertz CT molecular complexity index is 1090. The lowest BCUT2D eigenvalue weighted by molar-refractivity contribution is -0.0267. The van der Waals surface area contributed by atoms with Crippen molar-refractivity contribution in [2.45, 2.75) is 72.4 Å². The van der Waals surface area contributed by atoms with E-state index in [0.29, 0.717) is 5.92 Å². The van der Waals surface area contributed by atoms with Crippen molar-refractivity contribution < 1.29 is 14.6 Å². The molecule has 0 radical (unpaired) electrons. The molecule has 2 atom stereocenters. The van der Waals surface area contributed by atoms with E-state index in [1.54, 1.807) is 0 Å². The van der Waals surface area contributed by atoms with Crippen LogP contribution in [0.4, 0.5) is 4.79 Å². The molecule has 4 aliphatic rings. The minimum atomic E-state index is -0.771. The molecule has 3 heterocycles. The second kappa shape index (κ2) is 9.16. The molecule has 1 aliphatic carbocycles. The fourth-order valence-electron chi connectivity index (χ4n) is 6.98. The Morgan fingerprint density at radius 1 is 1.11 bits per heavy atom. The molecule has 5 heteroatoms. The summed E-state index contributed by atoms with van der Waals surface area (Å²) >= 11 is 0. The molecule has 2 bridgehead atoms. The maximum atomic E-state index is 12.7. The zero-order chi connectivity index (χ0) is 24.9. The second-order valence-corrected chi connectivity index (χ2v) is 11.7. The van der Waals surface area contributed by atoms with E-state index in [-0.39, 0.29) is 17.5 Å². The standard InChI is InChI=1S/C30H40N2O3/c1-6-13-35-27-19(2)14-23(15-20(27)3)22-7-8-25-24(16-22)17-30(4,5)28(25)32(29(33)34)26-18-31-11-9-21(26)10-12-31/h7-8,14-16,21,26,28H,6,9-13,17-18H2,1-5H3,(H,33,34)/t26-,28+/m1/s1. The Kier molecular flexibility index (Phi) is 6.33. The Labute approximate surface area is 210 Å². The van der Waals surface area contributed by atoms with Gasteiger partial charge in [0.05, 0.1) is 18.7 Å². The van der Waals surface area contributed by atoms with Crippen molar-refractivity contribution in [1.82, 2.24) is 9.80 Å². The molecule has 0 aromatic heterocycles. The average molecular weight is 477 g/mol. The lowest BCUT2D eigenvalue weighted by Gasteiger charge is -2.51. The number of amides is 1. The van der Waals surface area contributed by atoms with Gasteiger partial charge < -0.3 is 14.7 Å². The molecule has 3 saturated heterocycles. The van der Waals surface area contributed by atoms with Gasteiger partial charge >= 0.3 is 6.09 Å². The summed E-state index contributed by atoms with van der Waals surface area (Å²) in [5, 5.41) is 10.4. The summed E-state index contributed by atoms with van der Waals surface area (Å²) in [4.78, 5) is 17.0. The van der Waals surface area contributed by atoms with Crippen LogP contribution in [0.5, 0.6) is 5.75 Å². The van der Waals surface area contributed by atoms with Crippen LogP contribution in [0.3, 0.4) is 0 Å². The summed E-state index contributed by atoms with van der Waals surface area (Å²) in [5.41, 5.74) is 7.03. The first kappa shape index (κ1) is 24.2. The lowest BCUT2D eigenvalue weighted by atomic mass is 9.79. The van der Waals surface area contributed by atoms with E-state index in [1.807, 2.05) is 4.90 Å². The van der Waals surface area contributed by atoms with Gasteiger partial charge in [0.1, 0.15) is 5.75 Å². The minimum Gasteiger partial charge on any atom is -0.493 e. The van der Waals surface area contributed by atoms with Crippen LogP contribution < -0.4 is 4.74 Å². The summed E-state index contributed by atoms with van der Waals surface area (Å²) in [7, 11) is 0. The molecular weight excluding hydrogens is 436 g/mol. The normalized spacial score (nSPS) is 26.4. The van der Waals surface area contributed by atoms with Gasteiger partial charge in [-0.3, -0.25) is 4.90 Å². The van der Waals surface area contributed by atoms with E-state index >= 15 is 0 Å². The van der Waals surface area contributed by atoms with Crippen molar-refractivity contribution in [2.24, 2.45) is 11.3 Å². The summed E-state index contributed by atoms with van der Waals surface area (Å²) in [6.07, 6.45) is 3.35. The number of fused-ring (bicyclic) bond motifs is 4. The highest BCUT2D eigenvalue weighted by Gasteiger charge is 2.50. The van der Waals surface area contributed by atoms with Crippen molar-refractivity contribution >= 4 is 6.09 Å². The van der Waals surface area contributed by atoms with Crippen LogP contribution in [0.15, 0.2) is 30.3 Å². The third kappa shape index (κ3) is 4.33. The Morgan fingerprint density at radius 3 is 2.37 bits per heavy atom. The van der Waals surface area contributed by atoms with Crippen LogP contribution in [0.1, 0.15) is 68.3 Å². The molecule has 2 aromatic carbocycles. The van der Waals surface area contributed by atoms with Crippen molar-refractivity contribution in [2.75, 3.05) is 26.2 Å². The highest BCUT2D eigenvalue weighted by molar-refractivity contribution is 5.71. The van der Waals surface area contributed by atoms with Gasteiger partial charge in [-0.05, 0) is 109 Å². The van der Waals surface area contributed by atoms with Crippen LogP contribution in [-0.2, 0) is 6.42 Å². The predicted molar refractivity (Wildman–Crippen MR) is 140 cm³/mol. The van der Waals surface area contributed by atoms with Crippen LogP contribution in [0.25, 0.3) is 11.1 Å². The Morgan fingerprint density at radius 2 is 1.80 bits per heavy atom. The first-order chi connectivity index (χ1) is 16.7. The summed E-state index contributed by atoms with van der Waals surface area (Å²) in [6.45, 7) is 14.7. The molecule has 35 heavy (non-hydrogen) atoms. The highest BCUT2D eigenvalue weighted by atomic mass is 16.5. The van der Waals surface area contributed by atoms with Gasteiger partial charge in [0.2, 0.25) is 0 Å². The molecule has 188 valence electrons. The molecule has 3 aliphatic heterocycles. The van der Waals surface area contributed by atoms with E-state index in [0.717, 1.165) is 68.8 Å². The van der Waals surface area contributed by atoms with Crippen LogP contribution in [0.2, 0.25) is 0 Å². The highest BCUT2D eigenvalue weighted by Crippen LogP contribution is 2.51. The smallest absolute Gasteiger partial charge is 0.408 e. The molecule has 5 nitrogen and oxygen atoms in total. The van der Waals surface area contributed by atoms with Gasteiger partial charge in [0.25, 0.3) is 0 Å². The number of aryl methyl sites for hydroxylation is 2. The first-order valence-electron chi connectivity index (χ1n) is 13.3. The lowest BCUT2D eigenvalue weighted by Crippen LogP contribution is -2.60. The first-order valence-corrected chi connectivity index (χ1v) is 13.3. The largest absolute Gasteiger partial charge is 0.493 e. The van der Waals surface area contributed by atoms with E-state index < -0.39 is 6.09 Å². The maximum absolute atomic E-state index is 12.7. The molecule has 0 unspecified atom stereocenters. The molecule has 3 fully saturated rings. The zero-order valence-corrected chi connectivity index (χ0v) is 21.9. The summed E-state index contributed by atoms with van der Waals surface area (Å²) in [5.74, 6) is 1.47. The number of carboxylic acid groups (broad SMARTS) is 1. The SMILES string of the molecule is CCCOc1c(C)cc(-c2ccc3c(c2)CC(C)(C)[C@H]3N(C(=O)O)[C@@H]2CN3CCC2CC3)cc1C. The van der Waals surface area contributed by atoms with E-state index in [4.69, 9.17) is 4.74 Å². The molecular formula is C30H40N2O3. The van der Waals surface area contributed by atoms with Crippen molar-refractivity contribution in [1.29, 1.82) is 0 Å². The zero-order valence-electron chi connectivity index (χ0n) is 21.9. The van der Waals surface area contributed by atoms with Crippen molar-refractivity contribution in [3.8, 4) is 16.9 Å². The van der Waals surface area contributed by atoms with E-state index in [9.17, 15) is 9.90 Å². The number of ether oxygens (including phenoxy) is 1. The summed E-state index contributed by atoms with van der Waals surface area (Å²) in [6, 6.07) is 11.1. The van der Waals surface area contributed by atoms with Gasteiger partial charge in [-0.25, -0.2) is 4.79 Å². The Balaban J connectivity index is 1.49. The number of benzene rings is 2. The van der Waals surface area contributed by atoms with Crippen LogP contribution in [-0.4, -0.2) is 53.3 Å². The van der Waals surface area contributed by atoms with Gasteiger partial charge in [-0.15, -0.1) is 0 Å². The number of carbonyl (C=O) groups is 1. The number of rotatable bonds is 6. The third-order valence-corrected chi connectivity index (χ3v) is 8.55. The monoisotopic (exact) mass is 476 g/mol. The number of nitrogens with zero attached hydrogens (tertiary/aromatic N) is 2. The van der Waals surface area contributed by atoms with Crippen LogP contribution >= 0.6 is 0 Å². The number of hydrogen-bond donors (Lipinski definition) is 1. The molecule has 1 amide bonds. The average Bonchev–Trinajstić information content (AvgIpc) is 3.08. The maximum Gasteiger partial charge on any atom is 0.408 e. The van der Waals surface area contributed by atoms with Gasteiger partial charge in [-0.2, -0.15) is 0 Å². The fraction of sp³-hybridized carbons (Fsp3) is 0.567. The summed E-state index contributed by atoms with van der Waals surface area (Å²) < 4.78 is 5.99. The molecule has 2 aromatic rings. The van der Waals surface area contributed by atoms with E-state index in [2.05, 4.69) is 69.9 Å². The topological polar surface area (TPSA) is 53.0 Å².